The van der Waals surface area contributed by atoms with Gasteiger partial charge in [0.05, 0.1) is 6.04 Å². The summed E-state index contributed by atoms with van der Waals surface area (Å²) in [6.07, 6.45) is 4.31. The van der Waals surface area contributed by atoms with Crippen molar-refractivity contribution in [3.8, 4) is 0 Å². The summed E-state index contributed by atoms with van der Waals surface area (Å²) in [4.78, 5) is 12.1. The van der Waals surface area contributed by atoms with Gasteiger partial charge < -0.3 is 10.6 Å². The lowest BCUT2D eigenvalue weighted by atomic mass is 10.0. The second kappa shape index (κ2) is 8.29. The lowest BCUT2D eigenvalue weighted by Gasteiger charge is -2.18. The number of hydrogen-bond donors (Lipinski definition) is 2. The van der Waals surface area contributed by atoms with E-state index in [0.29, 0.717) is 18.1 Å². The van der Waals surface area contributed by atoms with E-state index in [-0.39, 0.29) is 11.9 Å². The summed E-state index contributed by atoms with van der Waals surface area (Å²) in [6, 6.07) is 9.61. The largest absolute Gasteiger partial charge is 0.348 e. The van der Waals surface area contributed by atoms with Gasteiger partial charge in [0.15, 0.2) is 0 Å². The SMILES string of the molecule is CS(=O)CC(NC(=O)CCC1CCNC1)c1ccccc1. The van der Waals surface area contributed by atoms with Crippen LogP contribution >= 0.6 is 0 Å². The van der Waals surface area contributed by atoms with Gasteiger partial charge in [-0.3, -0.25) is 9.00 Å². The van der Waals surface area contributed by atoms with E-state index < -0.39 is 10.8 Å². The van der Waals surface area contributed by atoms with Crippen LogP contribution in [0.4, 0.5) is 0 Å². The molecule has 5 heteroatoms. The van der Waals surface area contributed by atoms with Crippen molar-refractivity contribution in [1.29, 1.82) is 0 Å². The molecule has 1 amide bonds. The Bertz CT molecular complexity index is 472. The Morgan fingerprint density at radius 3 is 2.81 bits per heavy atom. The molecule has 3 atom stereocenters. The molecule has 116 valence electrons. The highest BCUT2D eigenvalue weighted by molar-refractivity contribution is 7.84. The van der Waals surface area contributed by atoms with E-state index >= 15 is 0 Å². The van der Waals surface area contributed by atoms with E-state index in [1.165, 1.54) is 0 Å². The number of hydrogen-bond acceptors (Lipinski definition) is 3. The maximum absolute atomic E-state index is 12.1. The number of rotatable bonds is 7. The molecule has 1 aliphatic heterocycles. The van der Waals surface area contributed by atoms with Crippen molar-refractivity contribution >= 4 is 16.7 Å². The van der Waals surface area contributed by atoms with E-state index in [4.69, 9.17) is 0 Å². The van der Waals surface area contributed by atoms with Crippen LogP contribution in [0.5, 0.6) is 0 Å². The quantitative estimate of drug-likeness (QED) is 0.804. The molecule has 2 rings (SSSR count). The van der Waals surface area contributed by atoms with Crippen LogP contribution in [0.1, 0.15) is 30.9 Å². The molecule has 2 N–H and O–H groups in total. The zero-order valence-electron chi connectivity index (χ0n) is 12.5. The van der Waals surface area contributed by atoms with Crippen LogP contribution in [0.25, 0.3) is 0 Å². The van der Waals surface area contributed by atoms with Gasteiger partial charge in [0.2, 0.25) is 5.91 Å². The molecule has 0 aromatic heterocycles. The Morgan fingerprint density at radius 2 is 2.19 bits per heavy atom. The third kappa shape index (κ3) is 5.59. The molecular formula is C16H24N2O2S. The lowest BCUT2D eigenvalue weighted by Crippen LogP contribution is -2.32. The Hall–Kier alpha value is -1.20. The zero-order chi connectivity index (χ0) is 15.1. The fourth-order valence-electron chi connectivity index (χ4n) is 2.70. The van der Waals surface area contributed by atoms with Crippen LogP contribution in [0.3, 0.4) is 0 Å². The topological polar surface area (TPSA) is 58.2 Å². The first-order valence-electron chi connectivity index (χ1n) is 7.50. The van der Waals surface area contributed by atoms with Gasteiger partial charge in [-0.2, -0.15) is 0 Å². The first-order valence-corrected chi connectivity index (χ1v) is 9.23. The van der Waals surface area contributed by atoms with Crippen molar-refractivity contribution in [3.63, 3.8) is 0 Å². The van der Waals surface area contributed by atoms with Gasteiger partial charge >= 0.3 is 0 Å². The molecule has 1 aliphatic rings. The molecule has 1 heterocycles. The molecule has 0 saturated carbocycles. The van der Waals surface area contributed by atoms with Crippen LogP contribution in [0, 0.1) is 5.92 Å². The first-order chi connectivity index (χ1) is 10.1. The summed E-state index contributed by atoms with van der Waals surface area (Å²) in [6.45, 7) is 2.09. The van der Waals surface area contributed by atoms with Gasteiger partial charge in [0, 0.05) is 29.2 Å². The van der Waals surface area contributed by atoms with Gasteiger partial charge in [-0.25, -0.2) is 0 Å². The molecule has 3 unspecified atom stereocenters. The molecule has 1 aromatic rings. The third-order valence-corrected chi connectivity index (χ3v) is 4.68. The van der Waals surface area contributed by atoms with E-state index in [1.54, 1.807) is 6.26 Å². The minimum atomic E-state index is -0.943. The van der Waals surface area contributed by atoms with Crippen LogP contribution in [-0.4, -0.2) is 35.2 Å². The zero-order valence-corrected chi connectivity index (χ0v) is 13.3. The van der Waals surface area contributed by atoms with Gasteiger partial charge in [-0.05, 0) is 37.4 Å². The van der Waals surface area contributed by atoms with Crippen molar-refractivity contribution in [3.05, 3.63) is 35.9 Å². The Kier molecular flexibility index (Phi) is 6.39. The number of carbonyl (C=O) groups excluding carboxylic acids is 1. The van der Waals surface area contributed by atoms with E-state index in [0.717, 1.165) is 31.5 Å². The van der Waals surface area contributed by atoms with Crippen molar-refractivity contribution < 1.29 is 9.00 Å². The molecule has 21 heavy (non-hydrogen) atoms. The summed E-state index contributed by atoms with van der Waals surface area (Å²) < 4.78 is 11.5. The predicted octanol–water partition coefficient (Wildman–Crippen LogP) is 1.61. The fourth-order valence-corrected chi connectivity index (χ4v) is 3.45. The van der Waals surface area contributed by atoms with E-state index in [9.17, 15) is 9.00 Å². The van der Waals surface area contributed by atoms with Crippen LogP contribution < -0.4 is 10.6 Å². The van der Waals surface area contributed by atoms with Gasteiger partial charge in [0.25, 0.3) is 0 Å². The normalized spacial score (nSPS) is 20.9. The van der Waals surface area contributed by atoms with Crippen molar-refractivity contribution in [1.82, 2.24) is 10.6 Å². The third-order valence-electron chi connectivity index (χ3n) is 3.88. The van der Waals surface area contributed by atoms with Crippen molar-refractivity contribution in [2.24, 2.45) is 5.92 Å². The second-order valence-corrected chi connectivity index (χ2v) is 7.15. The summed E-state index contributed by atoms with van der Waals surface area (Å²) in [5.41, 5.74) is 1.02. The minimum absolute atomic E-state index is 0.0567. The molecule has 1 fully saturated rings. The highest BCUT2D eigenvalue weighted by atomic mass is 32.2. The second-order valence-electron chi connectivity index (χ2n) is 5.67. The Morgan fingerprint density at radius 1 is 1.43 bits per heavy atom. The smallest absolute Gasteiger partial charge is 0.220 e. The monoisotopic (exact) mass is 308 g/mol. The highest BCUT2D eigenvalue weighted by Crippen LogP contribution is 2.17. The highest BCUT2D eigenvalue weighted by Gasteiger charge is 2.19. The summed E-state index contributed by atoms with van der Waals surface area (Å²) in [5.74, 6) is 1.13. The van der Waals surface area contributed by atoms with Crippen LogP contribution in [0.15, 0.2) is 30.3 Å². The molecule has 0 aliphatic carbocycles. The van der Waals surface area contributed by atoms with E-state index in [1.807, 2.05) is 30.3 Å². The van der Waals surface area contributed by atoms with E-state index in [2.05, 4.69) is 10.6 Å². The number of nitrogens with one attached hydrogen (secondary N) is 2. The van der Waals surface area contributed by atoms with Gasteiger partial charge in [-0.15, -0.1) is 0 Å². The minimum Gasteiger partial charge on any atom is -0.348 e. The number of carbonyl (C=O) groups is 1. The molecule has 0 radical (unpaired) electrons. The Balaban J connectivity index is 1.88. The van der Waals surface area contributed by atoms with Crippen molar-refractivity contribution in [2.75, 3.05) is 25.1 Å². The number of benzene rings is 1. The molecular weight excluding hydrogens is 284 g/mol. The average Bonchev–Trinajstić information content (AvgIpc) is 2.98. The molecule has 1 saturated heterocycles. The lowest BCUT2D eigenvalue weighted by molar-refractivity contribution is -0.122. The van der Waals surface area contributed by atoms with Crippen molar-refractivity contribution in [2.45, 2.75) is 25.3 Å². The van der Waals surface area contributed by atoms with Gasteiger partial charge in [0.1, 0.15) is 0 Å². The number of amides is 1. The standard InChI is InChI=1S/C16H24N2O2S/c1-21(20)12-15(14-5-3-2-4-6-14)18-16(19)8-7-13-9-10-17-11-13/h2-6,13,15,17H,7-12H2,1H3,(H,18,19). The van der Waals surface area contributed by atoms with Gasteiger partial charge in [-0.1, -0.05) is 30.3 Å². The molecule has 0 spiro atoms. The molecule has 1 aromatic carbocycles. The summed E-state index contributed by atoms with van der Waals surface area (Å²) >= 11 is 0. The predicted molar refractivity (Wildman–Crippen MR) is 86.5 cm³/mol. The fraction of sp³-hybridized carbons (Fsp3) is 0.562. The average molecular weight is 308 g/mol. The maximum Gasteiger partial charge on any atom is 0.220 e. The van der Waals surface area contributed by atoms with Crippen LogP contribution in [0.2, 0.25) is 0 Å². The first kappa shape index (κ1) is 16.2. The molecule has 4 nitrogen and oxygen atoms in total. The maximum atomic E-state index is 12.1. The summed E-state index contributed by atoms with van der Waals surface area (Å²) in [5, 5.41) is 6.35. The Labute approximate surface area is 129 Å². The molecule has 0 bridgehead atoms. The van der Waals surface area contributed by atoms with Crippen LogP contribution in [-0.2, 0) is 15.6 Å². The summed E-state index contributed by atoms with van der Waals surface area (Å²) in [7, 11) is -0.943.